The summed E-state index contributed by atoms with van der Waals surface area (Å²) in [6.07, 6.45) is 4.76. The number of anilines is 1. The summed E-state index contributed by atoms with van der Waals surface area (Å²) in [7, 11) is 0. The number of nitrogens with zero attached hydrogens (tertiary/aromatic N) is 2. The normalized spacial score (nSPS) is 26.1. The van der Waals surface area contributed by atoms with Gasteiger partial charge in [0.05, 0.1) is 23.7 Å². The van der Waals surface area contributed by atoms with Crippen LogP contribution < -0.4 is 4.90 Å². The van der Waals surface area contributed by atoms with Gasteiger partial charge in [-0.3, -0.25) is 4.98 Å². The molecule has 1 fully saturated rings. The molecule has 1 saturated heterocycles. The average Bonchev–Trinajstić information content (AvgIpc) is 2.41. The first-order valence-corrected chi connectivity index (χ1v) is 7.04. The number of rotatable bonds is 3. The van der Waals surface area contributed by atoms with Crippen LogP contribution in [0.15, 0.2) is 18.3 Å². The zero-order valence-corrected chi connectivity index (χ0v) is 11.6. The topological polar surface area (TPSA) is 36.4 Å². The number of pyridine rings is 1. The van der Waals surface area contributed by atoms with Crippen LogP contribution in [0.2, 0.25) is 0 Å². The predicted molar refractivity (Wildman–Crippen MR) is 74.7 cm³/mol. The van der Waals surface area contributed by atoms with Crippen molar-refractivity contribution in [2.45, 2.75) is 52.2 Å². The second-order valence-corrected chi connectivity index (χ2v) is 5.42. The molecule has 0 aliphatic carbocycles. The monoisotopic (exact) mass is 248 g/mol. The van der Waals surface area contributed by atoms with Crippen molar-refractivity contribution in [2.75, 3.05) is 11.4 Å². The summed E-state index contributed by atoms with van der Waals surface area (Å²) >= 11 is 0. The van der Waals surface area contributed by atoms with Crippen molar-refractivity contribution in [3.63, 3.8) is 0 Å². The number of aliphatic hydroxyl groups excluding tert-OH is 1. The first-order chi connectivity index (χ1) is 8.63. The first kappa shape index (κ1) is 13.3. The van der Waals surface area contributed by atoms with Crippen LogP contribution in [0.25, 0.3) is 0 Å². The van der Waals surface area contributed by atoms with Gasteiger partial charge in [0.15, 0.2) is 0 Å². The highest BCUT2D eigenvalue weighted by Crippen LogP contribution is 2.28. The van der Waals surface area contributed by atoms with E-state index in [0.717, 1.165) is 18.2 Å². The van der Waals surface area contributed by atoms with Gasteiger partial charge in [-0.1, -0.05) is 13.8 Å². The van der Waals surface area contributed by atoms with E-state index >= 15 is 0 Å². The first-order valence-electron chi connectivity index (χ1n) is 7.04. The molecule has 18 heavy (non-hydrogen) atoms. The minimum Gasteiger partial charge on any atom is -0.387 e. The van der Waals surface area contributed by atoms with E-state index in [-0.39, 0.29) is 0 Å². The smallest absolute Gasteiger partial charge is 0.0957 e. The highest BCUT2D eigenvalue weighted by molar-refractivity contribution is 5.46. The number of hydrogen-bond acceptors (Lipinski definition) is 3. The zero-order valence-electron chi connectivity index (χ0n) is 11.6. The average molecular weight is 248 g/mol. The fourth-order valence-corrected chi connectivity index (χ4v) is 2.67. The lowest BCUT2D eigenvalue weighted by Gasteiger charge is -2.39. The lowest BCUT2D eigenvalue weighted by molar-refractivity contribution is 0.169. The molecular formula is C15H24N2O. The van der Waals surface area contributed by atoms with Gasteiger partial charge in [-0.15, -0.1) is 0 Å². The van der Waals surface area contributed by atoms with Gasteiger partial charge in [0.1, 0.15) is 0 Å². The minimum absolute atomic E-state index is 0.434. The van der Waals surface area contributed by atoms with E-state index in [1.165, 1.54) is 18.5 Å². The Kier molecular flexibility index (Phi) is 4.23. The van der Waals surface area contributed by atoms with Gasteiger partial charge < -0.3 is 10.0 Å². The van der Waals surface area contributed by atoms with E-state index < -0.39 is 6.10 Å². The molecule has 0 aromatic carbocycles. The zero-order chi connectivity index (χ0) is 13.1. The number of aromatic nitrogens is 1. The van der Waals surface area contributed by atoms with Gasteiger partial charge in [-0.05, 0) is 44.2 Å². The van der Waals surface area contributed by atoms with Gasteiger partial charge in [-0.25, -0.2) is 0 Å². The maximum Gasteiger partial charge on any atom is 0.0957 e. The second kappa shape index (κ2) is 5.70. The molecule has 3 atom stereocenters. The Bertz CT molecular complexity index is 377. The maximum absolute atomic E-state index is 9.75. The Labute approximate surface area is 110 Å². The Morgan fingerprint density at radius 2 is 2.22 bits per heavy atom. The van der Waals surface area contributed by atoms with Crippen molar-refractivity contribution in [2.24, 2.45) is 5.92 Å². The Morgan fingerprint density at radius 1 is 1.44 bits per heavy atom. The van der Waals surface area contributed by atoms with Gasteiger partial charge in [0.2, 0.25) is 0 Å². The molecule has 0 amide bonds. The molecule has 0 spiro atoms. The molecule has 0 radical (unpaired) electrons. The van der Waals surface area contributed by atoms with Crippen LogP contribution in [-0.2, 0) is 0 Å². The molecule has 100 valence electrons. The molecule has 1 aliphatic rings. The van der Waals surface area contributed by atoms with Gasteiger partial charge in [0.25, 0.3) is 0 Å². The van der Waals surface area contributed by atoms with Crippen LogP contribution in [0.5, 0.6) is 0 Å². The number of aliphatic hydroxyl groups is 1. The standard InChI is InChI=1S/C15H24N2O/c1-4-15(18)14-8-7-13(10-16-14)17-9-5-6-11(2)12(17)3/h7-8,10-12,15,18H,4-6,9H2,1-3H3/t11?,12?,15-/m0/s1. The summed E-state index contributed by atoms with van der Waals surface area (Å²) in [5.41, 5.74) is 1.96. The third-order valence-corrected chi connectivity index (χ3v) is 4.20. The summed E-state index contributed by atoms with van der Waals surface area (Å²) in [4.78, 5) is 6.83. The largest absolute Gasteiger partial charge is 0.387 e. The van der Waals surface area contributed by atoms with Crippen molar-refractivity contribution in [1.82, 2.24) is 4.98 Å². The van der Waals surface area contributed by atoms with E-state index in [0.29, 0.717) is 12.5 Å². The van der Waals surface area contributed by atoms with E-state index in [1.54, 1.807) is 0 Å². The molecule has 0 saturated carbocycles. The quantitative estimate of drug-likeness (QED) is 0.892. The molecule has 3 heteroatoms. The molecule has 3 nitrogen and oxygen atoms in total. The van der Waals surface area contributed by atoms with Crippen molar-refractivity contribution in [3.05, 3.63) is 24.0 Å². The molecule has 1 aliphatic heterocycles. The van der Waals surface area contributed by atoms with E-state index in [1.807, 2.05) is 19.2 Å². The van der Waals surface area contributed by atoms with E-state index in [4.69, 9.17) is 0 Å². The molecule has 1 aromatic heterocycles. The fourth-order valence-electron chi connectivity index (χ4n) is 2.67. The van der Waals surface area contributed by atoms with Crippen molar-refractivity contribution in [1.29, 1.82) is 0 Å². The predicted octanol–water partition coefficient (Wildman–Crippen LogP) is 3.15. The molecular weight excluding hydrogens is 224 g/mol. The second-order valence-electron chi connectivity index (χ2n) is 5.42. The lowest BCUT2D eigenvalue weighted by Crippen LogP contribution is -2.42. The summed E-state index contributed by atoms with van der Waals surface area (Å²) in [6.45, 7) is 7.69. The van der Waals surface area contributed by atoms with Crippen LogP contribution in [0, 0.1) is 5.92 Å². The van der Waals surface area contributed by atoms with Crippen LogP contribution in [0.1, 0.15) is 51.8 Å². The van der Waals surface area contributed by atoms with Crippen molar-refractivity contribution >= 4 is 5.69 Å². The highest BCUT2D eigenvalue weighted by Gasteiger charge is 2.25. The van der Waals surface area contributed by atoms with Crippen molar-refractivity contribution in [3.8, 4) is 0 Å². The summed E-state index contributed by atoms with van der Waals surface area (Å²) in [5.74, 6) is 0.736. The summed E-state index contributed by atoms with van der Waals surface area (Å²) in [6, 6.07) is 4.62. The summed E-state index contributed by atoms with van der Waals surface area (Å²) < 4.78 is 0. The van der Waals surface area contributed by atoms with Crippen LogP contribution in [0.4, 0.5) is 5.69 Å². The van der Waals surface area contributed by atoms with Crippen molar-refractivity contribution < 1.29 is 5.11 Å². The Morgan fingerprint density at radius 3 is 2.83 bits per heavy atom. The van der Waals surface area contributed by atoms with E-state index in [9.17, 15) is 5.11 Å². The van der Waals surface area contributed by atoms with E-state index in [2.05, 4.69) is 29.8 Å². The minimum atomic E-state index is -0.434. The molecule has 0 bridgehead atoms. The molecule has 1 aromatic rings. The SMILES string of the molecule is CC[C@H](O)c1ccc(N2CCCC(C)C2C)cn1. The van der Waals surface area contributed by atoms with Gasteiger partial charge in [-0.2, -0.15) is 0 Å². The lowest BCUT2D eigenvalue weighted by atomic mass is 9.92. The highest BCUT2D eigenvalue weighted by atomic mass is 16.3. The van der Waals surface area contributed by atoms with Gasteiger partial charge >= 0.3 is 0 Å². The number of hydrogen-bond donors (Lipinski definition) is 1. The molecule has 2 heterocycles. The van der Waals surface area contributed by atoms with Crippen LogP contribution >= 0.6 is 0 Å². The molecule has 1 N–H and O–H groups in total. The molecule has 2 rings (SSSR count). The Hall–Kier alpha value is -1.09. The van der Waals surface area contributed by atoms with Gasteiger partial charge in [0, 0.05) is 12.6 Å². The summed E-state index contributed by atoms with van der Waals surface area (Å²) in [5, 5.41) is 9.75. The number of piperidine rings is 1. The maximum atomic E-state index is 9.75. The Balaban J connectivity index is 2.13. The van der Waals surface area contributed by atoms with Crippen LogP contribution in [0.3, 0.4) is 0 Å². The third-order valence-electron chi connectivity index (χ3n) is 4.20. The van der Waals surface area contributed by atoms with Crippen LogP contribution in [-0.4, -0.2) is 22.7 Å². The fraction of sp³-hybridized carbons (Fsp3) is 0.667. The molecule has 2 unspecified atom stereocenters. The third kappa shape index (κ3) is 2.66.